The van der Waals surface area contributed by atoms with Gasteiger partial charge in [0.2, 0.25) is 5.28 Å². The maximum atomic E-state index is 5.66. The number of unbranched alkanes of at least 4 members (excludes halogenated alkanes) is 1. The number of imidazole rings is 1. The molecule has 0 amide bonds. The fourth-order valence-corrected chi connectivity index (χ4v) is 1.43. The van der Waals surface area contributed by atoms with E-state index in [0.717, 1.165) is 36.3 Å². The molecule has 2 aromatic heterocycles. The maximum Gasteiger partial charge on any atom is 0.224 e. The minimum absolute atomic E-state index is 0.253. The van der Waals surface area contributed by atoms with Crippen molar-refractivity contribution < 1.29 is 0 Å². The van der Waals surface area contributed by atoms with Crippen molar-refractivity contribution in [1.29, 1.82) is 0 Å². The van der Waals surface area contributed by atoms with Gasteiger partial charge in [-0.05, 0) is 18.0 Å². The quantitative estimate of drug-likeness (QED) is 0.792. The number of hydrogen-bond donors (Lipinski definition) is 1. The fourth-order valence-electron chi connectivity index (χ4n) is 1.30. The van der Waals surface area contributed by atoms with Crippen molar-refractivity contribution in [2.45, 2.75) is 26.2 Å². The zero-order valence-corrected chi connectivity index (χ0v) is 8.67. The van der Waals surface area contributed by atoms with E-state index in [-0.39, 0.29) is 5.28 Å². The molecule has 0 fully saturated rings. The number of aromatic amines is 1. The second kappa shape index (κ2) is 3.92. The summed E-state index contributed by atoms with van der Waals surface area (Å²) < 4.78 is 0. The van der Waals surface area contributed by atoms with E-state index >= 15 is 0 Å². The molecule has 0 unspecified atom stereocenters. The van der Waals surface area contributed by atoms with Gasteiger partial charge in [-0.2, -0.15) is 4.98 Å². The van der Waals surface area contributed by atoms with Crippen LogP contribution in [0, 0.1) is 0 Å². The molecule has 2 rings (SSSR count). The average molecular weight is 211 g/mol. The normalized spacial score (nSPS) is 11.0. The second-order valence-electron chi connectivity index (χ2n) is 3.16. The third kappa shape index (κ3) is 1.85. The first-order valence-corrected chi connectivity index (χ1v) is 5.04. The lowest BCUT2D eigenvalue weighted by atomic mass is 10.2. The van der Waals surface area contributed by atoms with Crippen LogP contribution in [0.25, 0.3) is 11.2 Å². The highest BCUT2D eigenvalue weighted by molar-refractivity contribution is 6.28. The van der Waals surface area contributed by atoms with Crippen molar-refractivity contribution in [3.63, 3.8) is 0 Å². The average Bonchev–Trinajstić information content (AvgIpc) is 2.56. The van der Waals surface area contributed by atoms with Crippen LogP contribution in [0.2, 0.25) is 5.28 Å². The number of nitrogens with zero attached hydrogens (tertiary/aromatic N) is 3. The SMILES string of the molecule is CCCCc1nc2cnc(Cl)nc2[nH]1. The van der Waals surface area contributed by atoms with Crippen molar-refractivity contribution in [2.24, 2.45) is 0 Å². The highest BCUT2D eigenvalue weighted by Gasteiger charge is 2.04. The molecule has 0 atom stereocenters. The Morgan fingerprint density at radius 2 is 2.29 bits per heavy atom. The number of aryl methyl sites for hydroxylation is 1. The zero-order valence-electron chi connectivity index (χ0n) is 7.92. The molecule has 1 N–H and O–H groups in total. The molecule has 0 aromatic carbocycles. The summed E-state index contributed by atoms with van der Waals surface area (Å²) in [6.07, 6.45) is 4.87. The molecular weight excluding hydrogens is 200 g/mol. The van der Waals surface area contributed by atoms with Crippen LogP contribution < -0.4 is 0 Å². The second-order valence-corrected chi connectivity index (χ2v) is 3.50. The van der Waals surface area contributed by atoms with Crippen LogP contribution in [0.5, 0.6) is 0 Å². The molecular formula is C9H11ClN4. The van der Waals surface area contributed by atoms with Crippen LogP contribution in [0.3, 0.4) is 0 Å². The van der Waals surface area contributed by atoms with Gasteiger partial charge in [0.1, 0.15) is 11.3 Å². The van der Waals surface area contributed by atoms with Gasteiger partial charge in [-0.25, -0.2) is 9.97 Å². The molecule has 0 bridgehead atoms. The Balaban J connectivity index is 2.32. The predicted octanol–water partition coefficient (Wildman–Crippen LogP) is 2.35. The van der Waals surface area contributed by atoms with Gasteiger partial charge in [-0.15, -0.1) is 0 Å². The Morgan fingerprint density at radius 3 is 3.07 bits per heavy atom. The molecule has 0 radical (unpaired) electrons. The van der Waals surface area contributed by atoms with Crippen LogP contribution in [0.15, 0.2) is 6.20 Å². The number of aromatic nitrogens is 4. The summed E-state index contributed by atoms with van der Waals surface area (Å²) >= 11 is 5.66. The lowest BCUT2D eigenvalue weighted by molar-refractivity contribution is 0.764. The van der Waals surface area contributed by atoms with E-state index in [4.69, 9.17) is 11.6 Å². The molecule has 0 aliphatic carbocycles. The third-order valence-electron chi connectivity index (χ3n) is 2.03. The highest BCUT2D eigenvalue weighted by Crippen LogP contribution is 2.11. The Labute approximate surface area is 86.7 Å². The molecule has 0 spiro atoms. The molecule has 4 nitrogen and oxygen atoms in total. The first-order chi connectivity index (χ1) is 6.79. The van der Waals surface area contributed by atoms with Crippen molar-refractivity contribution in [2.75, 3.05) is 0 Å². The molecule has 0 saturated carbocycles. The Morgan fingerprint density at radius 1 is 1.43 bits per heavy atom. The van der Waals surface area contributed by atoms with E-state index in [1.165, 1.54) is 0 Å². The number of nitrogens with one attached hydrogen (secondary N) is 1. The zero-order chi connectivity index (χ0) is 9.97. The van der Waals surface area contributed by atoms with E-state index in [2.05, 4.69) is 26.9 Å². The van der Waals surface area contributed by atoms with Crippen molar-refractivity contribution in [3.8, 4) is 0 Å². The van der Waals surface area contributed by atoms with Gasteiger partial charge < -0.3 is 4.98 Å². The van der Waals surface area contributed by atoms with Crippen LogP contribution in [0.4, 0.5) is 0 Å². The minimum atomic E-state index is 0.253. The number of H-pyrrole nitrogens is 1. The van der Waals surface area contributed by atoms with Gasteiger partial charge in [0.15, 0.2) is 5.65 Å². The van der Waals surface area contributed by atoms with Crippen molar-refractivity contribution in [3.05, 3.63) is 17.3 Å². The summed E-state index contributed by atoms with van der Waals surface area (Å²) in [5.41, 5.74) is 1.50. The van der Waals surface area contributed by atoms with Crippen LogP contribution >= 0.6 is 11.6 Å². The molecule has 0 aliphatic rings. The van der Waals surface area contributed by atoms with Gasteiger partial charge in [0.05, 0.1) is 6.20 Å². The monoisotopic (exact) mass is 210 g/mol. The first-order valence-electron chi connectivity index (χ1n) is 4.66. The first kappa shape index (κ1) is 9.40. The van der Waals surface area contributed by atoms with Gasteiger partial charge in [0, 0.05) is 6.42 Å². The standard InChI is InChI=1S/C9H11ClN4/c1-2-3-4-7-12-6-5-11-9(10)14-8(6)13-7/h5H,2-4H2,1H3,(H,11,12,13,14). The van der Waals surface area contributed by atoms with Gasteiger partial charge >= 0.3 is 0 Å². The Bertz CT molecular complexity index is 437. The smallest absolute Gasteiger partial charge is 0.224 e. The summed E-state index contributed by atoms with van der Waals surface area (Å²) in [6.45, 7) is 2.15. The molecule has 0 saturated heterocycles. The maximum absolute atomic E-state index is 5.66. The number of halogens is 1. The van der Waals surface area contributed by atoms with E-state index in [0.29, 0.717) is 0 Å². The van der Waals surface area contributed by atoms with Gasteiger partial charge in [-0.3, -0.25) is 0 Å². The molecule has 2 heterocycles. The van der Waals surface area contributed by atoms with E-state index in [1.54, 1.807) is 6.20 Å². The van der Waals surface area contributed by atoms with E-state index in [9.17, 15) is 0 Å². The summed E-state index contributed by atoms with van der Waals surface area (Å²) in [6, 6.07) is 0. The van der Waals surface area contributed by atoms with Gasteiger partial charge in [-0.1, -0.05) is 13.3 Å². The van der Waals surface area contributed by atoms with Crippen LogP contribution in [0.1, 0.15) is 25.6 Å². The van der Waals surface area contributed by atoms with Gasteiger partial charge in [0.25, 0.3) is 0 Å². The van der Waals surface area contributed by atoms with E-state index in [1.807, 2.05) is 0 Å². The third-order valence-corrected chi connectivity index (χ3v) is 2.21. The molecule has 2 aromatic rings. The number of hydrogen-bond acceptors (Lipinski definition) is 3. The van der Waals surface area contributed by atoms with E-state index < -0.39 is 0 Å². The van der Waals surface area contributed by atoms with Crippen LogP contribution in [-0.4, -0.2) is 19.9 Å². The topological polar surface area (TPSA) is 54.5 Å². The number of fused-ring (bicyclic) bond motifs is 1. The minimum Gasteiger partial charge on any atom is -0.326 e. The van der Waals surface area contributed by atoms with Crippen molar-refractivity contribution >= 4 is 22.8 Å². The largest absolute Gasteiger partial charge is 0.326 e. The van der Waals surface area contributed by atoms with Crippen molar-refractivity contribution in [1.82, 2.24) is 19.9 Å². The summed E-state index contributed by atoms with van der Waals surface area (Å²) in [4.78, 5) is 15.4. The van der Waals surface area contributed by atoms with Crippen LogP contribution in [-0.2, 0) is 6.42 Å². The highest BCUT2D eigenvalue weighted by atomic mass is 35.5. The number of rotatable bonds is 3. The summed E-state index contributed by atoms with van der Waals surface area (Å²) in [5, 5.41) is 0.253. The summed E-state index contributed by atoms with van der Waals surface area (Å²) in [5.74, 6) is 0.957. The predicted molar refractivity (Wildman–Crippen MR) is 55.3 cm³/mol. The lowest BCUT2D eigenvalue weighted by Crippen LogP contribution is -1.86. The Kier molecular flexibility index (Phi) is 2.63. The lowest BCUT2D eigenvalue weighted by Gasteiger charge is -1.90. The fraction of sp³-hybridized carbons (Fsp3) is 0.444. The molecule has 14 heavy (non-hydrogen) atoms. The molecule has 5 heteroatoms. The summed E-state index contributed by atoms with van der Waals surface area (Å²) in [7, 11) is 0. The molecule has 0 aliphatic heterocycles. The molecule has 74 valence electrons. The Hall–Kier alpha value is -1.16.